The summed E-state index contributed by atoms with van der Waals surface area (Å²) < 4.78 is 12.9. The largest absolute Gasteiger partial charge is 0.357 e. The van der Waals surface area contributed by atoms with Gasteiger partial charge in [-0.25, -0.2) is 4.39 Å². The fraction of sp³-hybridized carbons (Fsp3) is 0.200. The molecule has 1 aliphatic rings. The molecule has 150 valence electrons. The highest BCUT2D eigenvalue weighted by Gasteiger charge is 2.30. The van der Waals surface area contributed by atoms with Gasteiger partial charge in [-0.2, -0.15) is 0 Å². The standard InChI is InChI=1S/C20H19FN4O3S/c21-15-7-5-13(6-8-15)12-22-20(29)24-23-17(26)9-10-25-18(27)11-14-3-1-2-4-16(14)19(25)28/h1-8H,9-12H2,(H,23,26)(H2,22,24,29). The molecule has 0 atom stereocenters. The lowest BCUT2D eigenvalue weighted by molar-refractivity contribution is -0.129. The van der Waals surface area contributed by atoms with Crippen molar-refractivity contribution < 1.29 is 18.8 Å². The van der Waals surface area contributed by atoms with Crippen LogP contribution in [0.4, 0.5) is 4.39 Å². The number of imide groups is 1. The minimum Gasteiger partial charge on any atom is -0.357 e. The quantitative estimate of drug-likeness (QED) is 0.390. The topological polar surface area (TPSA) is 90.5 Å². The molecular weight excluding hydrogens is 395 g/mol. The third-order valence-corrected chi connectivity index (χ3v) is 4.63. The van der Waals surface area contributed by atoms with E-state index in [9.17, 15) is 18.8 Å². The van der Waals surface area contributed by atoms with Crippen LogP contribution in [-0.2, 0) is 22.6 Å². The average molecular weight is 414 g/mol. The fourth-order valence-corrected chi connectivity index (χ4v) is 2.98. The summed E-state index contributed by atoms with van der Waals surface area (Å²) in [6.07, 6.45) is 0.0758. The van der Waals surface area contributed by atoms with Crippen LogP contribution in [-0.4, -0.2) is 34.3 Å². The maximum Gasteiger partial charge on any atom is 0.260 e. The first-order valence-corrected chi connectivity index (χ1v) is 9.34. The molecule has 1 aliphatic heterocycles. The van der Waals surface area contributed by atoms with Gasteiger partial charge in [-0.1, -0.05) is 30.3 Å². The maximum absolute atomic E-state index is 12.9. The number of hydrazine groups is 1. The molecule has 29 heavy (non-hydrogen) atoms. The molecule has 2 aromatic rings. The van der Waals surface area contributed by atoms with Gasteiger partial charge in [0.2, 0.25) is 11.8 Å². The van der Waals surface area contributed by atoms with E-state index in [2.05, 4.69) is 16.2 Å². The molecule has 0 spiro atoms. The maximum atomic E-state index is 12.9. The van der Waals surface area contributed by atoms with Crippen LogP contribution < -0.4 is 16.2 Å². The van der Waals surface area contributed by atoms with Crippen LogP contribution in [0, 0.1) is 5.82 Å². The second-order valence-corrected chi connectivity index (χ2v) is 6.83. The predicted octanol–water partition coefficient (Wildman–Crippen LogP) is 1.44. The number of hydrogen-bond acceptors (Lipinski definition) is 4. The molecule has 0 bridgehead atoms. The molecule has 3 rings (SSSR count). The normalized spacial score (nSPS) is 12.9. The summed E-state index contributed by atoms with van der Waals surface area (Å²) >= 11 is 5.06. The highest BCUT2D eigenvalue weighted by atomic mass is 32.1. The lowest BCUT2D eigenvalue weighted by atomic mass is 9.98. The van der Waals surface area contributed by atoms with E-state index >= 15 is 0 Å². The van der Waals surface area contributed by atoms with Crippen molar-refractivity contribution >= 4 is 35.1 Å². The summed E-state index contributed by atoms with van der Waals surface area (Å²) in [6.45, 7) is 0.341. The summed E-state index contributed by atoms with van der Waals surface area (Å²) in [5.41, 5.74) is 6.97. The van der Waals surface area contributed by atoms with Crippen LogP contribution in [0.3, 0.4) is 0 Å². The number of carbonyl (C=O) groups is 3. The van der Waals surface area contributed by atoms with Gasteiger partial charge in [0.05, 0.1) is 6.42 Å². The molecule has 0 saturated heterocycles. The van der Waals surface area contributed by atoms with Crippen LogP contribution >= 0.6 is 12.2 Å². The van der Waals surface area contributed by atoms with Crippen molar-refractivity contribution in [2.75, 3.05) is 6.54 Å². The highest BCUT2D eigenvalue weighted by molar-refractivity contribution is 7.80. The lowest BCUT2D eigenvalue weighted by Crippen LogP contribution is -2.48. The SMILES string of the molecule is O=C(CCN1C(=O)Cc2ccccc2C1=O)NNC(=S)NCc1ccc(F)cc1. The predicted molar refractivity (Wildman–Crippen MR) is 108 cm³/mol. The van der Waals surface area contributed by atoms with E-state index in [1.807, 2.05) is 0 Å². The van der Waals surface area contributed by atoms with Crippen molar-refractivity contribution in [1.29, 1.82) is 0 Å². The van der Waals surface area contributed by atoms with E-state index in [1.165, 1.54) is 12.1 Å². The zero-order chi connectivity index (χ0) is 20.8. The van der Waals surface area contributed by atoms with Gasteiger partial charge in [-0.05, 0) is 41.5 Å². The minimum absolute atomic E-state index is 0.0186. The molecule has 3 N–H and O–H groups in total. The molecule has 9 heteroatoms. The summed E-state index contributed by atoms with van der Waals surface area (Å²) in [5.74, 6) is -1.47. The number of nitrogens with one attached hydrogen (secondary N) is 3. The first-order chi connectivity index (χ1) is 13.9. The van der Waals surface area contributed by atoms with E-state index < -0.39 is 11.8 Å². The zero-order valence-corrected chi connectivity index (χ0v) is 16.2. The van der Waals surface area contributed by atoms with Gasteiger partial charge < -0.3 is 5.32 Å². The van der Waals surface area contributed by atoms with Gasteiger partial charge in [0.15, 0.2) is 5.11 Å². The van der Waals surface area contributed by atoms with Crippen LogP contribution in [0.2, 0.25) is 0 Å². The Morgan fingerprint density at radius 1 is 1.07 bits per heavy atom. The van der Waals surface area contributed by atoms with Gasteiger partial charge in [0, 0.05) is 25.1 Å². The summed E-state index contributed by atoms with van der Waals surface area (Å²) in [5, 5.41) is 3.05. The first kappa shape index (κ1) is 20.4. The van der Waals surface area contributed by atoms with E-state index in [0.29, 0.717) is 17.7 Å². The van der Waals surface area contributed by atoms with Crippen molar-refractivity contribution in [3.05, 3.63) is 71.0 Å². The van der Waals surface area contributed by atoms with Gasteiger partial charge in [0.1, 0.15) is 5.82 Å². The molecule has 0 unspecified atom stereocenters. The molecule has 0 radical (unpaired) electrons. The van der Waals surface area contributed by atoms with Crippen molar-refractivity contribution in [1.82, 2.24) is 21.1 Å². The van der Waals surface area contributed by atoms with Crippen LogP contribution in [0.25, 0.3) is 0 Å². The zero-order valence-electron chi connectivity index (χ0n) is 15.4. The van der Waals surface area contributed by atoms with Gasteiger partial charge in [0.25, 0.3) is 5.91 Å². The van der Waals surface area contributed by atoms with Crippen molar-refractivity contribution in [3.63, 3.8) is 0 Å². The monoisotopic (exact) mass is 414 g/mol. The second-order valence-electron chi connectivity index (χ2n) is 6.42. The Morgan fingerprint density at radius 3 is 2.55 bits per heavy atom. The molecule has 0 saturated carbocycles. The molecular formula is C20H19FN4O3S. The molecule has 1 heterocycles. The molecule has 0 aliphatic carbocycles. The molecule has 3 amide bonds. The fourth-order valence-electron chi connectivity index (χ4n) is 2.86. The van der Waals surface area contributed by atoms with Crippen molar-refractivity contribution in [3.8, 4) is 0 Å². The highest BCUT2D eigenvalue weighted by Crippen LogP contribution is 2.19. The molecule has 2 aromatic carbocycles. The van der Waals surface area contributed by atoms with E-state index in [-0.39, 0.29) is 36.2 Å². The molecule has 0 aromatic heterocycles. The van der Waals surface area contributed by atoms with E-state index in [0.717, 1.165) is 10.5 Å². The average Bonchev–Trinajstić information content (AvgIpc) is 2.71. The van der Waals surface area contributed by atoms with Crippen molar-refractivity contribution in [2.24, 2.45) is 0 Å². The number of rotatable bonds is 5. The number of halogens is 1. The number of fused-ring (bicyclic) bond motifs is 1. The van der Waals surface area contributed by atoms with Gasteiger partial charge >= 0.3 is 0 Å². The Morgan fingerprint density at radius 2 is 1.79 bits per heavy atom. The number of hydrogen-bond donors (Lipinski definition) is 3. The smallest absolute Gasteiger partial charge is 0.260 e. The number of carbonyl (C=O) groups excluding carboxylic acids is 3. The van der Waals surface area contributed by atoms with Gasteiger partial charge in [-0.15, -0.1) is 0 Å². The number of nitrogens with zero attached hydrogens (tertiary/aromatic N) is 1. The Bertz CT molecular complexity index is 949. The summed E-state index contributed by atoms with van der Waals surface area (Å²) in [6, 6.07) is 12.9. The molecule has 7 nitrogen and oxygen atoms in total. The molecule has 0 fully saturated rings. The number of amides is 3. The number of benzene rings is 2. The summed E-state index contributed by atoms with van der Waals surface area (Å²) in [4.78, 5) is 37.7. The van der Waals surface area contributed by atoms with E-state index in [4.69, 9.17) is 12.2 Å². The lowest BCUT2D eigenvalue weighted by Gasteiger charge is -2.26. The van der Waals surface area contributed by atoms with Crippen LogP contribution in [0.15, 0.2) is 48.5 Å². The third kappa shape index (κ3) is 5.35. The van der Waals surface area contributed by atoms with Crippen LogP contribution in [0.5, 0.6) is 0 Å². The summed E-state index contributed by atoms with van der Waals surface area (Å²) in [7, 11) is 0. The second kappa shape index (κ2) is 9.24. The van der Waals surface area contributed by atoms with Crippen LogP contribution in [0.1, 0.15) is 27.9 Å². The minimum atomic E-state index is -0.421. The third-order valence-electron chi connectivity index (χ3n) is 4.38. The Kier molecular flexibility index (Phi) is 6.50. The Hall–Kier alpha value is -3.33. The number of thiocarbonyl (C=S) groups is 1. The van der Waals surface area contributed by atoms with Gasteiger partial charge in [-0.3, -0.25) is 30.1 Å². The van der Waals surface area contributed by atoms with E-state index in [1.54, 1.807) is 36.4 Å². The Labute approximate surface area is 172 Å². The first-order valence-electron chi connectivity index (χ1n) is 8.94. The van der Waals surface area contributed by atoms with Crippen molar-refractivity contribution in [2.45, 2.75) is 19.4 Å². The Balaban J connectivity index is 1.42.